The topological polar surface area (TPSA) is 58.1 Å². The molecule has 2 aromatic rings. The predicted octanol–water partition coefficient (Wildman–Crippen LogP) is 4.42. The molecule has 1 fully saturated rings. The number of benzene rings is 1. The molecule has 1 aliphatic rings. The zero-order valence-electron chi connectivity index (χ0n) is 13.1. The lowest BCUT2D eigenvalue weighted by Gasteiger charge is -2.20. The molecule has 1 aromatic heterocycles. The first kappa shape index (κ1) is 17.0. The molecule has 5 nitrogen and oxygen atoms in total. The number of halogens is 2. The van der Waals surface area contributed by atoms with Gasteiger partial charge in [0.25, 0.3) is 5.91 Å². The lowest BCUT2D eigenvalue weighted by atomic mass is 10.2. The summed E-state index contributed by atoms with van der Waals surface area (Å²) in [4.78, 5) is 23.3. The number of hydrogen-bond acceptors (Lipinski definition) is 4. The Labute approximate surface area is 151 Å². The smallest absolute Gasteiger partial charge is 0.274 e. The molecular formula is C17H18Cl2N4O. The predicted molar refractivity (Wildman–Crippen MR) is 97.1 cm³/mol. The highest BCUT2D eigenvalue weighted by molar-refractivity contribution is 6.44. The van der Waals surface area contributed by atoms with E-state index in [4.69, 9.17) is 23.2 Å². The summed E-state index contributed by atoms with van der Waals surface area (Å²) in [5, 5.41) is 3.45. The maximum atomic E-state index is 12.5. The Morgan fingerprint density at radius 3 is 2.58 bits per heavy atom. The molecule has 0 saturated carbocycles. The van der Waals surface area contributed by atoms with E-state index in [-0.39, 0.29) is 5.91 Å². The van der Waals surface area contributed by atoms with E-state index >= 15 is 0 Å². The van der Waals surface area contributed by atoms with Crippen molar-refractivity contribution in [1.29, 1.82) is 0 Å². The highest BCUT2D eigenvalue weighted by atomic mass is 35.5. The van der Waals surface area contributed by atoms with Gasteiger partial charge in [0, 0.05) is 19.3 Å². The zero-order valence-corrected chi connectivity index (χ0v) is 14.6. The van der Waals surface area contributed by atoms with Crippen LogP contribution in [0.1, 0.15) is 36.2 Å². The van der Waals surface area contributed by atoms with E-state index in [2.05, 4.69) is 20.2 Å². The molecule has 3 rings (SSSR count). The molecule has 1 N–H and O–H groups in total. The van der Waals surface area contributed by atoms with Gasteiger partial charge >= 0.3 is 0 Å². The molecule has 0 atom stereocenters. The third kappa shape index (κ3) is 3.97. The van der Waals surface area contributed by atoms with Crippen molar-refractivity contribution in [3.8, 4) is 0 Å². The van der Waals surface area contributed by atoms with Crippen molar-refractivity contribution in [2.75, 3.05) is 23.3 Å². The average Bonchev–Trinajstić information content (AvgIpc) is 2.88. The van der Waals surface area contributed by atoms with E-state index in [1.54, 1.807) is 30.5 Å². The summed E-state index contributed by atoms with van der Waals surface area (Å²) in [5.41, 5.74) is 0.768. The lowest BCUT2D eigenvalue weighted by Crippen LogP contribution is -2.27. The number of hydrogen-bond donors (Lipinski definition) is 1. The van der Waals surface area contributed by atoms with E-state index in [0.717, 1.165) is 25.9 Å². The average molecular weight is 365 g/mol. The second-order valence-corrected chi connectivity index (χ2v) is 6.48. The second-order valence-electron chi connectivity index (χ2n) is 5.70. The third-order valence-corrected chi connectivity index (χ3v) is 4.78. The zero-order chi connectivity index (χ0) is 16.9. The third-order valence-electron chi connectivity index (χ3n) is 3.96. The van der Waals surface area contributed by atoms with Crippen LogP contribution in [0.25, 0.3) is 0 Å². The number of nitrogens with zero attached hydrogens (tertiary/aromatic N) is 3. The first-order valence-electron chi connectivity index (χ1n) is 7.98. The molecule has 0 aliphatic carbocycles. The van der Waals surface area contributed by atoms with Gasteiger partial charge in [-0.05, 0) is 31.0 Å². The fourth-order valence-electron chi connectivity index (χ4n) is 2.68. The largest absolute Gasteiger partial charge is 0.341 e. The van der Waals surface area contributed by atoms with Gasteiger partial charge in [-0.15, -0.1) is 0 Å². The van der Waals surface area contributed by atoms with Crippen molar-refractivity contribution in [3.05, 3.63) is 46.2 Å². The van der Waals surface area contributed by atoms with Crippen LogP contribution < -0.4 is 10.2 Å². The quantitative estimate of drug-likeness (QED) is 0.875. The van der Waals surface area contributed by atoms with Crippen LogP contribution in [0.5, 0.6) is 0 Å². The molecule has 0 spiro atoms. The van der Waals surface area contributed by atoms with Gasteiger partial charge in [0.15, 0.2) is 0 Å². The lowest BCUT2D eigenvalue weighted by molar-refractivity contribution is 0.102. The molecule has 1 saturated heterocycles. The molecule has 1 aliphatic heterocycles. The van der Waals surface area contributed by atoms with E-state index in [9.17, 15) is 4.79 Å². The number of amides is 1. The van der Waals surface area contributed by atoms with Gasteiger partial charge < -0.3 is 10.2 Å². The van der Waals surface area contributed by atoms with Crippen LogP contribution in [0.3, 0.4) is 0 Å². The number of anilines is 2. The molecule has 7 heteroatoms. The summed E-state index contributed by atoms with van der Waals surface area (Å²) in [6, 6.07) is 6.69. The summed E-state index contributed by atoms with van der Waals surface area (Å²) >= 11 is 12.1. The van der Waals surface area contributed by atoms with Crippen LogP contribution >= 0.6 is 23.2 Å². The molecule has 126 valence electrons. The van der Waals surface area contributed by atoms with E-state index < -0.39 is 0 Å². The summed E-state index contributed by atoms with van der Waals surface area (Å²) in [5.74, 6) is 0.263. The highest BCUT2D eigenvalue weighted by Gasteiger charge is 2.16. The van der Waals surface area contributed by atoms with Gasteiger partial charge in [-0.3, -0.25) is 4.79 Å². The maximum Gasteiger partial charge on any atom is 0.274 e. The summed E-state index contributed by atoms with van der Waals surface area (Å²) in [6.07, 6.45) is 6.31. The normalized spacial score (nSPS) is 15.0. The van der Waals surface area contributed by atoms with Gasteiger partial charge in [0.05, 0.1) is 15.7 Å². The first-order valence-corrected chi connectivity index (χ1v) is 8.74. The molecular weight excluding hydrogens is 347 g/mol. The van der Waals surface area contributed by atoms with E-state index in [0.29, 0.717) is 27.4 Å². The SMILES string of the molecule is O=C(Nc1cccc(Cl)c1Cl)c1ccnc(N2CCCCCC2)n1. The highest BCUT2D eigenvalue weighted by Crippen LogP contribution is 2.29. The Hall–Kier alpha value is -1.85. The van der Waals surface area contributed by atoms with Crippen molar-refractivity contribution in [2.45, 2.75) is 25.7 Å². The molecule has 24 heavy (non-hydrogen) atoms. The van der Waals surface area contributed by atoms with Crippen LogP contribution in [-0.2, 0) is 0 Å². The maximum absolute atomic E-state index is 12.5. The number of carbonyl (C=O) groups excluding carboxylic acids is 1. The van der Waals surface area contributed by atoms with Crippen LogP contribution in [-0.4, -0.2) is 29.0 Å². The molecule has 0 bridgehead atoms. The van der Waals surface area contributed by atoms with E-state index in [1.165, 1.54) is 12.8 Å². The monoisotopic (exact) mass is 364 g/mol. The van der Waals surface area contributed by atoms with Gasteiger partial charge in [0.2, 0.25) is 5.95 Å². The Bertz CT molecular complexity index is 730. The van der Waals surface area contributed by atoms with Crippen LogP contribution in [0, 0.1) is 0 Å². The molecule has 1 amide bonds. The minimum Gasteiger partial charge on any atom is -0.341 e. The standard InChI is InChI=1S/C17H18Cl2N4O/c18-12-6-5-7-13(15(12)19)21-16(24)14-8-9-20-17(22-14)23-10-3-1-2-4-11-23/h5-9H,1-4,10-11H2,(H,21,24). The Morgan fingerprint density at radius 1 is 1.08 bits per heavy atom. The minimum absolute atomic E-state index is 0.306. The second kappa shape index (κ2) is 7.81. The Morgan fingerprint density at radius 2 is 1.83 bits per heavy atom. The summed E-state index contributed by atoms with van der Waals surface area (Å²) < 4.78 is 0. The van der Waals surface area contributed by atoms with Crippen molar-refractivity contribution in [2.24, 2.45) is 0 Å². The van der Waals surface area contributed by atoms with Crippen molar-refractivity contribution >= 4 is 40.7 Å². The van der Waals surface area contributed by atoms with Crippen molar-refractivity contribution in [3.63, 3.8) is 0 Å². The Kier molecular flexibility index (Phi) is 5.53. The van der Waals surface area contributed by atoms with E-state index in [1.807, 2.05) is 0 Å². The molecule has 2 heterocycles. The number of aromatic nitrogens is 2. The first-order chi connectivity index (χ1) is 11.6. The van der Waals surface area contributed by atoms with Gasteiger partial charge in [-0.25, -0.2) is 9.97 Å². The number of carbonyl (C=O) groups is 1. The number of nitrogens with one attached hydrogen (secondary N) is 1. The van der Waals surface area contributed by atoms with Gasteiger partial charge in [0.1, 0.15) is 5.69 Å². The van der Waals surface area contributed by atoms with Crippen LogP contribution in [0.15, 0.2) is 30.5 Å². The van der Waals surface area contributed by atoms with Crippen molar-refractivity contribution < 1.29 is 4.79 Å². The molecule has 1 aromatic carbocycles. The van der Waals surface area contributed by atoms with Crippen LogP contribution in [0.2, 0.25) is 10.0 Å². The van der Waals surface area contributed by atoms with Gasteiger partial charge in [-0.2, -0.15) is 0 Å². The molecule has 0 unspecified atom stereocenters. The number of rotatable bonds is 3. The van der Waals surface area contributed by atoms with Crippen LogP contribution in [0.4, 0.5) is 11.6 Å². The van der Waals surface area contributed by atoms with Gasteiger partial charge in [-0.1, -0.05) is 42.1 Å². The summed E-state index contributed by atoms with van der Waals surface area (Å²) in [6.45, 7) is 1.84. The fraction of sp³-hybridized carbons (Fsp3) is 0.353. The van der Waals surface area contributed by atoms with Crippen molar-refractivity contribution in [1.82, 2.24) is 9.97 Å². The molecule has 0 radical (unpaired) electrons. The summed E-state index contributed by atoms with van der Waals surface area (Å²) in [7, 11) is 0. The fourth-order valence-corrected chi connectivity index (χ4v) is 3.03. The minimum atomic E-state index is -0.336. The Balaban J connectivity index is 1.77.